The molecular weight excluding hydrogens is 214 g/mol. The SMILES string of the molecule is Cc1ccccc1C(=O)NCc1ncccn1. The molecule has 0 bridgehead atoms. The summed E-state index contributed by atoms with van der Waals surface area (Å²) >= 11 is 0. The molecule has 1 aromatic heterocycles. The molecule has 0 aliphatic heterocycles. The Morgan fingerprint density at radius 2 is 1.88 bits per heavy atom. The number of rotatable bonds is 3. The standard InChI is InChI=1S/C13H13N3O/c1-10-5-2-3-6-11(10)13(17)16-9-12-14-7-4-8-15-12/h2-8H,9H2,1H3,(H,16,17). The summed E-state index contributed by atoms with van der Waals surface area (Å²) in [5, 5.41) is 2.79. The summed E-state index contributed by atoms with van der Waals surface area (Å²) in [5.41, 5.74) is 1.64. The molecule has 1 amide bonds. The maximum absolute atomic E-state index is 11.9. The first-order chi connectivity index (χ1) is 8.27. The molecule has 0 spiro atoms. The van der Waals surface area contributed by atoms with E-state index in [1.165, 1.54) is 0 Å². The number of aryl methyl sites for hydroxylation is 1. The van der Waals surface area contributed by atoms with Gasteiger partial charge in [0, 0.05) is 18.0 Å². The van der Waals surface area contributed by atoms with E-state index in [-0.39, 0.29) is 5.91 Å². The monoisotopic (exact) mass is 227 g/mol. The molecule has 0 fully saturated rings. The number of carbonyl (C=O) groups is 1. The number of nitrogens with one attached hydrogen (secondary N) is 1. The topological polar surface area (TPSA) is 54.9 Å². The van der Waals surface area contributed by atoms with Crippen LogP contribution in [0.5, 0.6) is 0 Å². The van der Waals surface area contributed by atoms with Crippen LogP contribution < -0.4 is 5.32 Å². The van der Waals surface area contributed by atoms with Gasteiger partial charge in [-0.3, -0.25) is 4.79 Å². The second kappa shape index (κ2) is 5.21. The van der Waals surface area contributed by atoms with Crippen LogP contribution in [-0.4, -0.2) is 15.9 Å². The lowest BCUT2D eigenvalue weighted by molar-refractivity contribution is 0.0949. The van der Waals surface area contributed by atoms with Crippen LogP contribution in [0.1, 0.15) is 21.7 Å². The van der Waals surface area contributed by atoms with Crippen molar-refractivity contribution in [2.24, 2.45) is 0 Å². The molecule has 4 nitrogen and oxygen atoms in total. The lowest BCUT2D eigenvalue weighted by Gasteiger charge is -2.06. The molecule has 0 saturated carbocycles. The van der Waals surface area contributed by atoms with Crippen LogP contribution in [0.3, 0.4) is 0 Å². The van der Waals surface area contributed by atoms with Crippen LogP contribution in [0, 0.1) is 6.92 Å². The van der Waals surface area contributed by atoms with E-state index in [9.17, 15) is 4.79 Å². The number of benzene rings is 1. The van der Waals surface area contributed by atoms with Gasteiger partial charge in [-0.2, -0.15) is 0 Å². The third-order valence-corrected chi connectivity index (χ3v) is 2.42. The van der Waals surface area contributed by atoms with Crippen molar-refractivity contribution >= 4 is 5.91 Å². The van der Waals surface area contributed by atoms with Gasteiger partial charge in [0.05, 0.1) is 6.54 Å². The number of carbonyl (C=O) groups excluding carboxylic acids is 1. The van der Waals surface area contributed by atoms with Crippen LogP contribution >= 0.6 is 0 Å². The Kier molecular flexibility index (Phi) is 3.45. The van der Waals surface area contributed by atoms with Gasteiger partial charge in [-0.25, -0.2) is 9.97 Å². The van der Waals surface area contributed by atoms with Gasteiger partial charge in [0.1, 0.15) is 5.82 Å². The summed E-state index contributed by atoms with van der Waals surface area (Å²) in [6.07, 6.45) is 3.31. The van der Waals surface area contributed by atoms with Crippen LogP contribution in [0.4, 0.5) is 0 Å². The minimum atomic E-state index is -0.101. The van der Waals surface area contributed by atoms with Crippen molar-refractivity contribution in [3.63, 3.8) is 0 Å². The molecular formula is C13H13N3O. The molecule has 1 N–H and O–H groups in total. The van der Waals surface area contributed by atoms with Crippen molar-refractivity contribution in [3.05, 3.63) is 59.7 Å². The first kappa shape index (κ1) is 11.3. The number of amides is 1. The van der Waals surface area contributed by atoms with E-state index in [4.69, 9.17) is 0 Å². The van der Waals surface area contributed by atoms with Crippen molar-refractivity contribution in [1.82, 2.24) is 15.3 Å². The zero-order valence-electron chi connectivity index (χ0n) is 9.55. The van der Waals surface area contributed by atoms with Crippen molar-refractivity contribution in [3.8, 4) is 0 Å². The number of hydrogen-bond acceptors (Lipinski definition) is 3. The van der Waals surface area contributed by atoms with Crippen LogP contribution in [-0.2, 0) is 6.54 Å². The maximum atomic E-state index is 11.9. The second-order valence-corrected chi connectivity index (χ2v) is 3.66. The molecule has 0 atom stereocenters. The molecule has 4 heteroatoms. The summed E-state index contributed by atoms with van der Waals surface area (Å²) in [6, 6.07) is 9.21. The smallest absolute Gasteiger partial charge is 0.251 e. The molecule has 1 aromatic carbocycles. The molecule has 86 valence electrons. The molecule has 2 rings (SSSR count). The normalized spacial score (nSPS) is 9.94. The quantitative estimate of drug-likeness (QED) is 0.868. The Hall–Kier alpha value is -2.23. The highest BCUT2D eigenvalue weighted by Crippen LogP contribution is 2.06. The Balaban J connectivity index is 2.01. The summed E-state index contributed by atoms with van der Waals surface area (Å²) in [5.74, 6) is 0.505. The zero-order valence-corrected chi connectivity index (χ0v) is 9.55. The first-order valence-electron chi connectivity index (χ1n) is 5.37. The molecule has 1 heterocycles. The fraction of sp³-hybridized carbons (Fsp3) is 0.154. The summed E-state index contributed by atoms with van der Waals surface area (Å²) in [6.45, 7) is 2.25. The fourth-order valence-corrected chi connectivity index (χ4v) is 1.50. The van der Waals surface area contributed by atoms with Gasteiger partial charge >= 0.3 is 0 Å². The molecule has 17 heavy (non-hydrogen) atoms. The average molecular weight is 227 g/mol. The Bertz CT molecular complexity index is 511. The van der Waals surface area contributed by atoms with Crippen molar-refractivity contribution < 1.29 is 4.79 Å². The van der Waals surface area contributed by atoms with Crippen molar-refractivity contribution in [2.45, 2.75) is 13.5 Å². The Morgan fingerprint density at radius 3 is 2.59 bits per heavy atom. The highest BCUT2D eigenvalue weighted by atomic mass is 16.1. The number of nitrogens with zero attached hydrogens (tertiary/aromatic N) is 2. The second-order valence-electron chi connectivity index (χ2n) is 3.66. The largest absolute Gasteiger partial charge is 0.345 e. The Morgan fingerprint density at radius 1 is 1.18 bits per heavy atom. The third-order valence-electron chi connectivity index (χ3n) is 2.42. The maximum Gasteiger partial charge on any atom is 0.251 e. The van der Waals surface area contributed by atoms with E-state index in [1.54, 1.807) is 24.5 Å². The van der Waals surface area contributed by atoms with Crippen LogP contribution in [0.2, 0.25) is 0 Å². The van der Waals surface area contributed by atoms with Gasteiger partial charge in [0.25, 0.3) is 5.91 Å². The minimum Gasteiger partial charge on any atom is -0.345 e. The van der Waals surface area contributed by atoms with Gasteiger partial charge in [0.2, 0.25) is 0 Å². The lowest BCUT2D eigenvalue weighted by atomic mass is 10.1. The number of hydrogen-bond donors (Lipinski definition) is 1. The highest BCUT2D eigenvalue weighted by molar-refractivity contribution is 5.95. The molecule has 0 aliphatic carbocycles. The van der Waals surface area contributed by atoms with E-state index < -0.39 is 0 Å². The first-order valence-corrected chi connectivity index (χ1v) is 5.37. The van der Waals surface area contributed by atoms with Gasteiger partial charge in [-0.05, 0) is 24.6 Å². The van der Waals surface area contributed by atoms with Crippen LogP contribution in [0.15, 0.2) is 42.7 Å². The van der Waals surface area contributed by atoms with Crippen molar-refractivity contribution in [2.75, 3.05) is 0 Å². The average Bonchev–Trinajstić information content (AvgIpc) is 2.38. The Labute approximate surface area is 99.7 Å². The molecule has 0 unspecified atom stereocenters. The van der Waals surface area contributed by atoms with Gasteiger partial charge in [-0.15, -0.1) is 0 Å². The van der Waals surface area contributed by atoms with E-state index in [0.717, 1.165) is 5.56 Å². The van der Waals surface area contributed by atoms with Crippen LogP contribution in [0.25, 0.3) is 0 Å². The minimum absolute atomic E-state index is 0.101. The summed E-state index contributed by atoms with van der Waals surface area (Å²) < 4.78 is 0. The van der Waals surface area contributed by atoms with E-state index in [1.807, 2.05) is 25.1 Å². The zero-order chi connectivity index (χ0) is 12.1. The van der Waals surface area contributed by atoms with Gasteiger partial charge in [-0.1, -0.05) is 18.2 Å². The van der Waals surface area contributed by atoms with Gasteiger partial charge in [0.15, 0.2) is 0 Å². The third kappa shape index (κ3) is 2.87. The molecule has 0 radical (unpaired) electrons. The van der Waals surface area contributed by atoms with Gasteiger partial charge < -0.3 is 5.32 Å². The number of aromatic nitrogens is 2. The summed E-state index contributed by atoms with van der Waals surface area (Å²) in [7, 11) is 0. The predicted molar refractivity (Wildman–Crippen MR) is 64.4 cm³/mol. The molecule has 2 aromatic rings. The summed E-state index contributed by atoms with van der Waals surface area (Å²) in [4.78, 5) is 20.0. The van der Waals surface area contributed by atoms with E-state index in [2.05, 4.69) is 15.3 Å². The van der Waals surface area contributed by atoms with Crippen molar-refractivity contribution in [1.29, 1.82) is 0 Å². The molecule has 0 saturated heterocycles. The highest BCUT2D eigenvalue weighted by Gasteiger charge is 2.07. The van der Waals surface area contributed by atoms with E-state index >= 15 is 0 Å². The van der Waals surface area contributed by atoms with E-state index in [0.29, 0.717) is 17.9 Å². The molecule has 0 aliphatic rings. The predicted octanol–water partition coefficient (Wildman–Crippen LogP) is 1.72. The lowest BCUT2D eigenvalue weighted by Crippen LogP contribution is -2.24. The fourth-order valence-electron chi connectivity index (χ4n) is 1.50.